The molecule has 1 fully saturated rings. The summed E-state index contributed by atoms with van der Waals surface area (Å²) in [7, 11) is 0. The van der Waals surface area contributed by atoms with E-state index in [0.717, 1.165) is 18.7 Å². The van der Waals surface area contributed by atoms with Gasteiger partial charge in [0.1, 0.15) is 11.5 Å². The Morgan fingerprint density at radius 1 is 1.06 bits per heavy atom. The van der Waals surface area contributed by atoms with E-state index < -0.39 is 0 Å². The topological polar surface area (TPSA) is 96.7 Å². The van der Waals surface area contributed by atoms with Gasteiger partial charge >= 0.3 is 0 Å². The van der Waals surface area contributed by atoms with E-state index in [1.165, 1.54) is 0 Å². The van der Waals surface area contributed by atoms with Crippen molar-refractivity contribution in [3.05, 3.63) is 71.6 Å². The summed E-state index contributed by atoms with van der Waals surface area (Å²) >= 11 is 0. The largest absolute Gasteiger partial charge is 0.441 e. The lowest BCUT2D eigenvalue weighted by Crippen LogP contribution is -2.49. The average Bonchev–Trinajstić information content (AvgIpc) is 3.23. The number of ether oxygens (including phenoxy) is 1. The van der Waals surface area contributed by atoms with E-state index in [2.05, 4.69) is 20.5 Å². The Morgan fingerprint density at radius 3 is 2.53 bits per heavy atom. The minimum atomic E-state index is -0.240. The molecule has 0 bridgehead atoms. The first-order valence-electron chi connectivity index (χ1n) is 11.5. The van der Waals surface area contributed by atoms with Gasteiger partial charge in [0.2, 0.25) is 17.7 Å². The number of oxazole rings is 1. The quantitative estimate of drug-likeness (QED) is 0.534. The molecule has 2 N–H and O–H groups in total. The predicted molar refractivity (Wildman–Crippen MR) is 129 cm³/mol. The van der Waals surface area contributed by atoms with Crippen molar-refractivity contribution in [2.45, 2.75) is 32.9 Å². The lowest BCUT2D eigenvalue weighted by Gasteiger charge is -2.31. The minimum Gasteiger partial charge on any atom is -0.441 e. The van der Waals surface area contributed by atoms with Crippen LogP contribution in [0.1, 0.15) is 23.9 Å². The molecule has 1 atom stereocenters. The average molecular weight is 463 g/mol. The van der Waals surface area contributed by atoms with E-state index in [1.54, 1.807) is 0 Å². The molecule has 4 rings (SSSR count). The Labute approximate surface area is 199 Å². The van der Waals surface area contributed by atoms with Gasteiger partial charge in [-0.25, -0.2) is 4.98 Å². The summed E-state index contributed by atoms with van der Waals surface area (Å²) in [6.45, 7) is 6.76. The molecule has 0 aliphatic carbocycles. The second-order valence-electron chi connectivity index (χ2n) is 8.32. The number of carbonyl (C=O) groups is 2. The zero-order valence-corrected chi connectivity index (χ0v) is 19.5. The van der Waals surface area contributed by atoms with Gasteiger partial charge in [0.25, 0.3) is 0 Å². The first-order valence-corrected chi connectivity index (χ1v) is 11.5. The maximum Gasteiger partial charge on any atom is 0.237 e. The molecule has 1 aliphatic heterocycles. The monoisotopic (exact) mass is 462 g/mol. The maximum atomic E-state index is 12.6. The van der Waals surface area contributed by atoms with Crippen molar-refractivity contribution in [1.29, 1.82) is 0 Å². The highest BCUT2D eigenvalue weighted by Crippen LogP contribution is 2.29. The first kappa shape index (κ1) is 23.7. The summed E-state index contributed by atoms with van der Waals surface area (Å²) in [4.78, 5) is 31.9. The van der Waals surface area contributed by atoms with Crippen LogP contribution in [0.15, 0.2) is 59.0 Å². The van der Waals surface area contributed by atoms with E-state index in [0.29, 0.717) is 41.8 Å². The third-order valence-electron chi connectivity index (χ3n) is 5.93. The zero-order chi connectivity index (χ0) is 23.9. The number of rotatable bonds is 8. The minimum absolute atomic E-state index is 0.0561. The molecule has 3 aromatic rings. The number of hydrogen-bond donors (Lipinski definition) is 2. The van der Waals surface area contributed by atoms with E-state index in [9.17, 15) is 9.59 Å². The molecule has 8 heteroatoms. The summed E-state index contributed by atoms with van der Waals surface area (Å²) in [5.74, 6) is 0.851. The number of morpholine rings is 1. The summed E-state index contributed by atoms with van der Waals surface area (Å²) in [5.41, 5.74) is 2.91. The molecule has 1 unspecified atom stereocenters. The molecule has 2 amide bonds. The number of aromatic nitrogens is 1. The highest BCUT2D eigenvalue weighted by molar-refractivity contribution is 5.95. The number of hydrogen-bond acceptors (Lipinski definition) is 6. The van der Waals surface area contributed by atoms with Crippen LogP contribution in [0.2, 0.25) is 0 Å². The smallest absolute Gasteiger partial charge is 0.237 e. The Kier molecular flexibility index (Phi) is 7.72. The molecular weight excluding hydrogens is 432 g/mol. The second-order valence-corrected chi connectivity index (χ2v) is 8.32. The maximum absolute atomic E-state index is 12.6. The highest BCUT2D eigenvalue weighted by atomic mass is 16.5. The van der Waals surface area contributed by atoms with Crippen LogP contribution < -0.4 is 10.6 Å². The van der Waals surface area contributed by atoms with Gasteiger partial charge < -0.3 is 19.8 Å². The van der Waals surface area contributed by atoms with Crippen LogP contribution in [0.3, 0.4) is 0 Å². The number of benzene rings is 2. The molecule has 1 aliphatic rings. The third-order valence-corrected chi connectivity index (χ3v) is 5.93. The zero-order valence-electron chi connectivity index (χ0n) is 19.5. The molecule has 8 nitrogen and oxygen atoms in total. The van der Waals surface area contributed by atoms with Gasteiger partial charge in [-0.1, -0.05) is 42.5 Å². The number of anilines is 1. The van der Waals surface area contributed by atoms with Crippen molar-refractivity contribution in [3.8, 4) is 11.5 Å². The normalized spacial score (nSPS) is 15.0. The van der Waals surface area contributed by atoms with Gasteiger partial charge in [0.15, 0.2) is 0 Å². The molecule has 2 aromatic carbocycles. The molecule has 178 valence electrons. The van der Waals surface area contributed by atoms with Crippen LogP contribution in [0.5, 0.6) is 0 Å². The lowest BCUT2D eigenvalue weighted by molar-refractivity contribution is -0.127. The van der Waals surface area contributed by atoms with Gasteiger partial charge in [-0.15, -0.1) is 0 Å². The van der Waals surface area contributed by atoms with Gasteiger partial charge in [-0.05, 0) is 31.5 Å². The highest BCUT2D eigenvalue weighted by Gasteiger charge is 2.23. The Bertz CT molecular complexity index is 1120. The van der Waals surface area contributed by atoms with E-state index in [4.69, 9.17) is 9.15 Å². The van der Waals surface area contributed by atoms with Gasteiger partial charge in [0.05, 0.1) is 43.5 Å². The van der Waals surface area contributed by atoms with Crippen molar-refractivity contribution in [2.75, 3.05) is 31.6 Å². The number of nitrogens with zero attached hydrogens (tertiary/aromatic N) is 2. The number of para-hydroxylation sites is 1. The third kappa shape index (κ3) is 5.89. The fraction of sp³-hybridized carbons (Fsp3) is 0.346. The molecule has 2 heterocycles. The molecule has 0 spiro atoms. The van der Waals surface area contributed by atoms with Crippen molar-refractivity contribution in [2.24, 2.45) is 0 Å². The van der Waals surface area contributed by atoms with Crippen molar-refractivity contribution in [3.63, 3.8) is 0 Å². The fourth-order valence-corrected chi connectivity index (χ4v) is 3.91. The van der Waals surface area contributed by atoms with Gasteiger partial charge in [-0.2, -0.15) is 0 Å². The summed E-state index contributed by atoms with van der Waals surface area (Å²) in [5, 5.41) is 5.93. The fourth-order valence-electron chi connectivity index (χ4n) is 3.91. The summed E-state index contributed by atoms with van der Waals surface area (Å²) in [6, 6.07) is 16.7. The molecule has 1 saturated heterocycles. The van der Waals surface area contributed by atoms with Crippen LogP contribution in [0.25, 0.3) is 11.5 Å². The lowest BCUT2D eigenvalue weighted by atomic mass is 10.1. The standard InChI is InChI=1S/C26H30N4O4/c1-18(30-12-14-33-15-13-30)25(32)27-17-23-19(2)34-26(29-23)21-10-6-7-11-22(21)28-24(31)16-20-8-4-3-5-9-20/h3-11,18H,12-17H2,1-2H3,(H,27,32)(H,28,31). The van der Waals surface area contributed by atoms with E-state index in [1.807, 2.05) is 68.4 Å². The Hall–Kier alpha value is -3.49. The molecule has 1 aromatic heterocycles. The number of aryl methyl sites for hydroxylation is 1. The second kappa shape index (κ2) is 11.1. The van der Waals surface area contributed by atoms with Crippen molar-refractivity contribution in [1.82, 2.24) is 15.2 Å². The number of nitrogens with one attached hydrogen (secondary N) is 2. The van der Waals surface area contributed by atoms with Crippen LogP contribution in [0, 0.1) is 6.92 Å². The molecule has 34 heavy (non-hydrogen) atoms. The Balaban J connectivity index is 1.41. The number of amides is 2. The molecule has 0 radical (unpaired) electrons. The van der Waals surface area contributed by atoms with Crippen LogP contribution in [-0.4, -0.2) is 54.0 Å². The summed E-state index contributed by atoms with van der Waals surface area (Å²) in [6.07, 6.45) is 0.276. The van der Waals surface area contributed by atoms with Crippen LogP contribution in [0.4, 0.5) is 5.69 Å². The number of carbonyl (C=O) groups excluding carboxylic acids is 2. The predicted octanol–water partition coefficient (Wildman–Crippen LogP) is 3.17. The van der Waals surface area contributed by atoms with Gasteiger partial charge in [0, 0.05) is 13.1 Å². The van der Waals surface area contributed by atoms with E-state index in [-0.39, 0.29) is 30.8 Å². The van der Waals surface area contributed by atoms with Crippen LogP contribution in [-0.2, 0) is 27.3 Å². The van der Waals surface area contributed by atoms with Gasteiger partial charge in [-0.3, -0.25) is 14.5 Å². The van der Waals surface area contributed by atoms with E-state index >= 15 is 0 Å². The SMILES string of the molecule is Cc1oc(-c2ccccc2NC(=O)Cc2ccccc2)nc1CNC(=O)C(C)N1CCOCC1. The first-order chi connectivity index (χ1) is 16.5. The van der Waals surface area contributed by atoms with Crippen molar-refractivity contribution >= 4 is 17.5 Å². The van der Waals surface area contributed by atoms with Crippen LogP contribution >= 0.6 is 0 Å². The molecular formula is C26H30N4O4. The molecule has 0 saturated carbocycles. The Morgan fingerprint density at radius 2 is 1.76 bits per heavy atom. The summed E-state index contributed by atoms with van der Waals surface area (Å²) < 4.78 is 11.3. The van der Waals surface area contributed by atoms with Crippen molar-refractivity contribution < 1.29 is 18.7 Å².